The monoisotopic (exact) mass is 647 g/mol. The zero-order valence-electron chi connectivity index (χ0n) is 30.5. The molecular formula is C41H49N3O4. The standard InChI is InChI=1S/C13H15NO.C13H15N.C11H13N.C4H6O3/c1-8(15)10-5-6-12-11(7-10)13(3,4)9(2)14-12;1-5-10-6-7-12-11(8-10)13(3,4)9(2)14-12;1-8-11(2,3)9-6-4-5-7-10(9)12-8;1-3(5)7-4(2)6/h5-7H,1-4H3;5-8H,1H2,2-4H3;4-7H,1-3H3;1-2H3. The van der Waals surface area contributed by atoms with E-state index < -0.39 is 11.9 Å². The molecule has 3 aliphatic rings. The summed E-state index contributed by atoms with van der Waals surface area (Å²) < 4.78 is 3.97. The van der Waals surface area contributed by atoms with E-state index in [0.717, 1.165) is 33.9 Å². The van der Waals surface area contributed by atoms with Crippen molar-refractivity contribution in [1.82, 2.24) is 0 Å². The lowest BCUT2D eigenvalue weighted by Gasteiger charge is -2.20. The third kappa shape index (κ3) is 8.19. The van der Waals surface area contributed by atoms with Gasteiger partial charge in [0.25, 0.3) is 0 Å². The van der Waals surface area contributed by atoms with Gasteiger partial charge in [-0.05, 0) is 86.3 Å². The van der Waals surface area contributed by atoms with Crippen LogP contribution in [0.3, 0.4) is 0 Å². The molecule has 0 saturated carbocycles. The third-order valence-electron chi connectivity index (χ3n) is 9.45. The third-order valence-corrected chi connectivity index (χ3v) is 9.45. The molecule has 3 aliphatic heterocycles. The van der Waals surface area contributed by atoms with Crippen LogP contribution < -0.4 is 0 Å². The maximum atomic E-state index is 11.3. The molecule has 3 aromatic rings. The summed E-state index contributed by atoms with van der Waals surface area (Å²) >= 11 is 0. The highest BCUT2D eigenvalue weighted by Gasteiger charge is 2.33. The minimum atomic E-state index is -0.562. The number of benzene rings is 3. The van der Waals surface area contributed by atoms with Gasteiger partial charge in [-0.3, -0.25) is 29.4 Å². The SMILES string of the molecule is C=Cc1ccc2c(c1)C(C)(C)C(C)=N2.CC(=O)OC(C)=O.CC(=O)c1ccc2c(c1)C(C)(C)C(C)=N2.CC1=Nc2ccccc2C1(C)C. The van der Waals surface area contributed by atoms with Crippen LogP contribution in [-0.2, 0) is 30.6 Å². The Morgan fingerprint density at radius 3 is 1.44 bits per heavy atom. The first-order valence-electron chi connectivity index (χ1n) is 16.1. The van der Waals surface area contributed by atoms with Crippen molar-refractivity contribution in [2.75, 3.05) is 0 Å². The number of fused-ring (bicyclic) bond motifs is 3. The van der Waals surface area contributed by atoms with Gasteiger partial charge >= 0.3 is 11.9 Å². The Balaban J connectivity index is 0.000000179. The van der Waals surface area contributed by atoms with Gasteiger partial charge in [0.2, 0.25) is 0 Å². The van der Waals surface area contributed by atoms with E-state index in [1.807, 2.05) is 37.3 Å². The summed E-state index contributed by atoms with van der Waals surface area (Å²) in [6.07, 6.45) is 1.88. The van der Waals surface area contributed by atoms with Gasteiger partial charge < -0.3 is 4.74 Å². The molecule has 3 aromatic carbocycles. The lowest BCUT2D eigenvalue weighted by Crippen LogP contribution is -2.22. The lowest BCUT2D eigenvalue weighted by molar-refractivity contribution is -0.156. The smallest absolute Gasteiger partial charge is 0.310 e. The van der Waals surface area contributed by atoms with Crippen molar-refractivity contribution in [3.63, 3.8) is 0 Å². The van der Waals surface area contributed by atoms with Crippen LogP contribution >= 0.6 is 0 Å². The predicted molar refractivity (Wildman–Crippen MR) is 199 cm³/mol. The van der Waals surface area contributed by atoms with Gasteiger partial charge in [0.05, 0.1) is 17.1 Å². The summed E-state index contributed by atoms with van der Waals surface area (Å²) in [6.45, 7) is 27.1. The highest BCUT2D eigenvalue weighted by atomic mass is 16.6. The Kier molecular flexibility index (Phi) is 11.4. The van der Waals surface area contributed by atoms with Crippen molar-refractivity contribution in [2.45, 2.75) is 99.3 Å². The number of para-hydroxylation sites is 1. The number of carbonyl (C=O) groups excluding carboxylic acids is 3. The zero-order valence-corrected chi connectivity index (χ0v) is 30.5. The fourth-order valence-electron chi connectivity index (χ4n) is 5.48. The van der Waals surface area contributed by atoms with Gasteiger partial charge in [0.1, 0.15) is 0 Å². The highest BCUT2D eigenvalue weighted by Crippen LogP contribution is 2.42. The molecule has 0 N–H and O–H groups in total. The van der Waals surface area contributed by atoms with E-state index in [0.29, 0.717) is 0 Å². The average Bonchev–Trinajstić information content (AvgIpc) is 3.48. The molecule has 0 atom stereocenters. The minimum Gasteiger partial charge on any atom is -0.394 e. The van der Waals surface area contributed by atoms with E-state index >= 15 is 0 Å². The molecule has 0 aromatic heterocycles. The van der Waals surface area contributed by atoms with E-state index in [1.165, 1.54) is 42.0 Å². The molecule has 0 fully saturated rings. The van der Waals surface area contributed by atoms with E-state index in [-0.39, 0.29) is 22.0 Å². The molecule has 7 heteroatoms. The maximum Gasteiger partial charge on any atom is 0.310 e. The Bertz CT molecular complexity index is 1840. The Hall–Kier alpha value is -4.78. The van der Waals surface area contributed by atoms with Crippen LogP contribution in [-0.4, -0.2) is 34.9 Å². The molecule has 0 spiro atoms. The van der Waals surface area contributed by atoms with Crippen LogP contribution in [0, 0.1) is 0 Å². The first-order chi connectivity index (χ1) is 22.2. The van der Waals surface area contributed by atoms with E-state index in [4.69, 9.17) is 0 Å². The van der Waals surface area contributed by atoms with Crippen molar-refractivity contribution in [1.29, 1.82) is 0 Å². The fraction of sp³-hybridized carbons (Fsp3) is 0.366. The molecule has 0 amide bonds. The van der Waals surface area contributed by atoms with Crippen molar-refractivity contribution in [2.24, 2.45) is 15.0 Å². The first-order valence-corrected chi connectivity index (χ1v) is 16.1. The van der Waals surface area contributed by atoms with Crippen LogP contribution in [0.1, 0.15) is 116 Å². The van der Waals surface area contributed by atoms with Crippen LogP contribution in [0.5, 0.6) is 0 Å². The largest absolute Gasteiger partial charge is 0.394 e. The van der Waals surface area contributed by atoms with E-state index in [2.05, 4.69) is 118 Å². The number of nitrogens with zero attached hydrogens (tertiary/aromatic N) is 3. The van der Waals surface area contributed by atoms with Gasteiger partial charge in [-0.2, -0.15) is 0 Å². The summed E-state index contributed by atoms with van der Waals surface area (Å²) in [5.74, 6) is -1.02. The van der Waals surface area contributed by atoms with Gasteiger partial charge in [-0.1, -0.05) is 78.5 Å². The van der Waals surface area contributed by atoms with E-state index in [9.17, 15) is 14.4 Å². The summed E-state index contributed by atoms with van der Waals surface area (Å²) in [4.78, 5) is 44.5. The van der Waals surface area contributed by atoms with Crippen molar-refractivity contribution >= 4 is 58.0 Å². The summed E-state index contributed by atoms with van der Waals surface area (Å²) in [6, 6.07) is 20.4. The normalized spacial score (nSPS) is 16.3. The molecule has 6 rings (SSSR count). The van der Waals surface area contributed by atoms with Crippen LogP contribution in [0.15, 0.2) is 82.2 Å². The Labute approximate surface area is 286 Å². The lowest BCUT2D eigenvalue weighted by atomic mass is 9.81. The second-order valence-corrected chi connectivity index (χ2v) is 13.8. The second kappa shape index (κ2) is 14.5. The summed E-state index contributed by atoms with van der Waals surface area (Å²) in [7, 11) is 0. The Morgan fingerprint density at radius 1 is 0.604 bits per heavy atom. The molecule has 0 aliphatic carbocycles. The molecule has 0 radical (unpaired) electrons. The number of hydrogen-bond acceptors (Lipinski definition) is 7. The van der Waals surface area contributed by atoms with Crippen molar-refractivity contribution < 1.29 is 19.1 Å². The number of Topliss-reactive ketones (excluding diaryl/α,β-unsaturated/α-hetero) is 1. The Morgan fingerprint density at radius 2 is 1.02 bits per heavy atom. The number of ether oxygens (including phenoxy) is 1. The number of aliphatic imine (C=N–C) groups is 3. The van der Waals surface area contributed by atoms with Crippen LogP contribution in [0.2, 0.25) is 0 Å². The second-order valence-electron chi connectivity index (χ2n) is 13.8. The maximum absolute atomic E-state index is 11.3. The number of rotatable bonds is 2. The van der Waals surface area contributed by atoms with Gasteiger partial charge in [0.15, 0.2) is 5.78 Å². The summed E-state index contributed by atoms with van der Waals surface area (Å²) in [5, 5.41) is 0. The van der Waals surface area contributed by atoms with Gasteiger partial charge in [-0.15, -0.1) is 0 Å². The minimum absolute atomic E-state index is 0.0409. The van der Waals surface area contributed by atoms with Crippen LogP contribution in [0.4, 0.5) is 17.1 Å². The zero-order chi connectivity index (χ0) is 36.2. The van der Waals surface area contributed by atoms with Crippen molar-refractivity contribution in [3.05, 3.63) is 95.1 Å². The predicted octanol–water partition coefficient (Wildman–Crippen LogP) is 10.2. The molecule has 0 bridgehead atoms. The number of esters is 2. The van der Waals surface area contributed by atoms with E-state index in [1.54, 1.807) is 6.92 Å². The average molecular weight is 648 g/mol. The first kappa shape index (κ1) is 37.7. The molecule has 252 valence electrons. The highest BCUT2D eigenvalue weighted by molar-refractivity contribution is 6.02. The number of carbonyl (C=O) groups is 3. The quantitative estimate of drug-likeness (QED) is 0.157. The molecule has 0 saturated heterocycles. The molecule has 7 nitrogen and oxygen atoms in total. The number of hydrogen-bond donors (Lipinski definition) is 0. The fourth-order valence-corrected chi connectivity index (χ4v) is 5.48. The molecule has 48 heavy (non-hydrogen) atoms. The topological polar surface area (TPSA) is 97.5 Å². The van der Waals surface area contributed by atoms with Gasteiger partial charge in [-0.25, -0.2) is 0 Å². The molecule has 3 heterocycles. The van der Waals surface area contributed by atoms with Crippen molar-refractivity contribution in [3.8, 4) is 0 Å². The number of ketones is 1. The molecule has 0 unspecified atom stereocenters. The van der Waals surface area contributed by atoms with Crippen LogP contribution in [0.25, 0.3) is 6.08 Å². The molecular weight excluding hydrogens is 598 g/mol. The van der Waals surface area contributed by atoms with Gasteiger partial charge in [0, 0.05) is 52.8 Å². The summed E-state index contributed by atoms with van der Waals surface area (Å²) in [5.41, 5.74) is 12.7.